The number of methoxy groups -OCH3 is 1. The van der Waals surface area contributed by atoms with Crippen LogP contribution < -0.4 is 10.4 Å². The van der Waals surface area contributed by atoms with Gasteiger partial charge in [0, 0.05) is 18.9 Å². The Hall–Kier alpha value is -2.48. The van der Waals surface area contributed by atoms with Crippen LogP contribution >= 0.6 is 0 Å². The second-order valence-corrected chi connectivity index (χ2v) is 4.55. The van der Waals surface area contributed by atoms with Gasteiger partial charge < -0.3 is 4.74 Å². The quantitative estimate of drug-likeness (QED) is 0.835. The lowest BCUT2D eigenvalue weighted by atomic mass is 10.1. The minimum atomic E-state index is -0.0267. The van der Waals surface area contributed by atoms with Crippen LogP contribution in [0.1, 0.15) is 24.5 Å². The summed E-state index contributed by atoms with van der Waals surface area (Å²) in [5.74, 6) is 0.548. The monoisotopic (exact) mass is 271 g/mol. The number of nitrogens with zero attached hydrogens (tertiary/aromatic N) is 3. The third-order valence-corrected chi connectivity index (χ3v) is 3.12. The van der Waals surface area contributed by atoms with Gasteiger partial charge in [-0.15, -0.1) is 0 Å². The number of hydrogen-bond donors (Lipinski definition) is 0. The normalized spacial score (nSPS) is 10.2. The van der Waals surface area contributed by atoms with Gasteiger partial charge >= 0.3 is 5.69 Å². The van der Waals surface area contributed by atoms with Gasteiger partial charge in [0.1, 0.15) is 11.8 Å². The van der Waals surface area contributed by atoms with Gasteiger partial charge in [-0.05, 0) is 24.1 Å². The lowest BCUT2D eigenvalue weighted by Gasteiger charge is -2.06. The van der Waals surface area contributed by atoms with Crippen LogP contribution in [0.3, 0.4) is 0 Å². The zero-order valence-electron chi connectivity index (χ0n) is 11.7. The molecule has 2 rings (SSSR count). The van der Waals surface area contributed by atoms with E-state index in [0.717, 1.165) is 18.5 Å². The largest absolute Gasteiger partial charge is 0.495 e. The number of hydrogen-bond acceptors (Lipinski definition) is 3. The standard InChI is InChI=1S/C15H17N3O2/c1-3-6-17-7-8-18(15(17)19)11-12-4-5-14(20-2)13(9-12)10-16/h4-5,7-9H,3,6,11H2,1-2H3. The molecular weight excluding hydrogens is 254 g/mol. The highest BCUT2D eigenvalue weighted by atomic mass is 16.5. The number of benzene rings is 1. The molecule has 2 aromatic rings. The first kappa shape index (κ1) is 13.9. The smallest absolute Gasteiger partial charge is 0.328 e. The van der Waals surface area contributed by atoms with Gasteiger partial charge in [0.25, 0.3) is 0 Å². The average molecular weight is 271 g/mol. The summed E-state index contributed by atoms with van der Waals surface area (Å²) in [5, 5.41) is 9.07. The summed E-state index contributed by atoms with van der Waals surface area (Å²) in [6.45, 7) is 3.21. The van der Waals surface area contributed by atoms with Gasteiger partial charge in [0.05, 0.1) is 19.2 Å². The van der Waals surface area contributed by atoms with Gasteiger partial charge in [-0.25, -0.2) is 4.79 Å². The molecule has 0 saturated heterocycles. The van der Waals surface area contributed by atoms with Gasteiger partial charge in [0.15, 0.2) is 0 Å². The Bertz CT molecular complexity index is 692. The van der Waals surface area contributed by atoms with Crippen LogP contribution in [0.2, 0.25) is 0 Å². The Morgan fingerprint density at radius 1 is 1.30 bits per heavy atom. The van der Waals surface area contributed by atoms with Crippen molar-refractivity contribution in [1.82, 2.24) is 9.13 Å². The van der Waals surface area contributed by atoms with Crippen LogP contribution in [-0.4, -0.2) is 16.2 Å². The number of aromatic nitrogens is 2. The summed E-state index contributed by atoms with van der Waals surface area (Å²) in [4.78, 5) is 12.1. The average Bonchev–Trinajstić information content (AvgIpc) is 2.80. The topological polar surface area (TPSA) is 59.9 Å². The summed E-state index contributed by atoms with van der Waals surface area (Å²) in [6.07, 6.45) is 4.49. The van der Waals surface area contributed by atoms with Gasteiger partial charge in [0.2, 0.25) is 0 Å². The molecule has 1 heterocycles. The van der Waals surface area contributed by atoms with Gasteiger partial charge in [-0.3, -0.25) is 9.13 Å². The first-order valence-corrected chi connectivity index (χ1v) is 6.52. The second-order valence-electron chi connectivity index (χ2n) is 4.55. The first-order valence-electron chi connectivity index (χ1n) is 6.52. The van der Waals surface area contributed by atoms with Crippen molar-refractivity contribution < 1.29 is 4.74 Å². The second kappa shape index (κ2) is 6.11. The Balaban J connectivity index is 2.27. The van der Waals surface area contributed by atoms with Crippen molar-refractivity contribution in [2.75, 3.05) is 7.11 Å². The molecule has 0 saturated carbocycles. The third kappa shape index (κ3) is 2.75. The van der Waals surface area contributed by atoms with Crippen LogP contribution in [-0.2, 0) is 13.1 Å². The molecule has 5 nitrogen and oxygen atoms in total. The summed E-state index contributed by atoms with van der Waals surface area (Å²) in [7, 11) is 1.53. The maximum atomic E-state index is 12.1. The van der Waals surface area contributed by atoms with E-state index in [4.69, 9.17) is 10.00 Å². The summed E-state index contributed by atoms with van der Waals surface area (Å²) in [6, 6.07) is 7.46. The number of ether oxygens (including phenoxy) is 1. The Morgan fingerprint density at radius 3 is 2.70 bits per heavy atom. The summed E-state index contributed by atoms with van der Waals surface area (Å²) < 4.78 is 8.43. The van der Waals surface area contributed by atoms with Crippen molar-refractivity contribution in [3.8, 4) is 11.8 Å². The van der Waals surface area contributed by atoms with Gasteiger partial charge in [-0.1, -0.05) is 13.0 Å². The van der Waals surface area contributed by atoms with Crippen LogP contribution in [0, 0.1) is 11.3 Å². The van der Waals surface area contributed by atoms with Crippen LogP contribution in [0.4, 0.5) is 0 Å². The Kier molecular flexibility index (Phi) is 4.26. The number of aryl methyl sites for hydroxylation is 1. The van der Waals surface area contributed by atoms with E-state index in [2.05, 4.69) is 6.07 Å². The minimum absolute atomic E-state index is 0.0267. The van der Waals surface area contributed by atoms with Crippen molar-refractivity contribution in [1.29, 1.82) is 5.26 Å². The van der Waals surface area contributed by atoms with E-state index >= 15 is 0 Å². The SMILES string of the molecule is CCCn1ccn(Cc2ccc(OC)c(C#N)c2)c1=O. The zero-order valence-corrected chi connectivity index (χ0v) is 11.7. The fraction of sp³-hybridized carbons (Fsp3) is 0.333. The molecule has 0 spiro atoms. The molecule has 0 radical (unpaired) electrons. The highest BCUT2D eigenvalue weighted by molar-refractivity contribution is 5.45. The van der Waals surface area contributed by atoms with Crippen molar-refractivity contribution >= 4 is 0 Å². The fourth-order valence-corrected chi connectivity index (χ4v) is 2.12. The third-order valence-electron chi connectivity index (χ3n) is 3.12. The molecule has 0 atom stereocenters. The van der Waals surface area contributed by atoms with E-state index in [0.29, 0.717) is 17.9 Å². The summed E-state index contributed by atoms with van der Waals surface area (Å²) in [5.41, 5.74) is 1.35. The molecule has 0 aliphatic rings. The molecule has 0 N–H and O–H groups in total. The van der Waals surface area contributed by atoms with E-state index in [9.17, 15) is 4.79 Å². The van der Waals surface area contributed by atoms with Crippen molar-refractivity contribution in [3.63, 3.8) is 0 Å². The predicted molar refractivity (Wildman–Crippen MR) is 75.8 cm³/mol. The van der Waals surface area contributed by atoms with E-state index in [-0.39, 0.29) is 5.69 Å². The molecule has 0 aliphatic carbocycles. The maximum absolute atomic E-state index is 12.1. The summed E-state index contributed by atoms with van der Waals surface area (Å²) >= 11 is 0. The van der Waals surface area contributed by atoms with Crippen molar-refractivity contribution in [2.45, 2.75) is 26.4 Å². The fourth-order valence-electron chi connectivity index (χ4n) is 2.12. The van der Waals surface area contributed by atoms with Crippen LogP contribution in [0.15, 0.2) is 35.4 Å². The molecule has 0 unspecified atom stereocenters. The van der Waals surface area contributed by atoms with E-state index in [1.165, 1.54) is 7.11 Å². The number of nitriles is 1. The van der Waals surface area contributed by atoms with Crippen LogP contribution in [0.25, 0.3) is 0 Å². The molecule has 0 fully saturated rings. The van der Waals surface area contributed by atoms with E-state index < -0.39 is 0 Å². The van der Waals surface area contributed by atoms with E-state index in [1.54, 1.807) is 33.7 Å². The van der Waals surface area contributed by atoms with Crippen molar-refractivity contribution in [2.24, 2.45) is 0 Å². The molecule has 1 aromatic carbocycles. The van der Waals surface area contributed by atoms with Crippen LogP contribution in [0.5, 0.6) is 5.75 Å². The molecule has 104 valence electrons. The molecule has 20 heavy (non-hydrogen) atoms. The Morgan fingerprint density at radius 2 is 2.05 bits per heavy atom. The Labute approximate surface area is 117 Å². The zero-order chi connectivity index (χ0) is 14.5. The van der Waals surface area contributed by atoms with E-state index in [1.807, 2.05) is 13.0 Å². The number of imidazole rings is 1. The lowest BCUT2D eigenvalue weighted by Crippen LogP contribution is -2.24. The highest BCUT2D eigenvalue weighted by Gasteiger charge is 2.07. The molecule has 0 bridgehead atoms. The minimum Gasteiger partial charge on any atom is -0.495 e. The molecular formula is C15H17N3O2. The molecule has 0 aliphatic heterocycles. The predicted octanol–water partition coefficient (Wildman–Crippen LogP) is 1.99. The molecule has 1 aromatic heterocycles. The number of rotatable bonds is 5. The molecule has 5 heteroatoms. The first-order chi connectivity index (χ1) is 9.69. The highest BCUT2D eigenvalue weighted by Crippen LogP contribution is 2.19. The lowest BCUT2D eigenvalue weighted by molar-refractivity contribution is 0.413. The molecule has 0 amide bonds. The van der Waals surface area contributed by atoms with Gasteiger partial charge in [-0.2, -0.15) is 5.26 Å². The van der Waals surface area contributed by atoms with Crippen molar-refractivity contribution in [3.05, 3.63) is 52.2 Å². The maximum Gasteiger partial charge on any atom is 0.328 e.